The van der Waals surface area contributed by atoms with Crippen molar-refractivity contribution in [1.29, 1.82) is 0 Å². The Kier molecular flexibility index (Phi) is 5.40. The predicted octanol–water partition coefficient (Wildman–Crippen LogP) is 2.11. The van der Waals surface area contributed by atoms with Gasteiger partial charge < -0.3 is 10.4 Å². The van der Waals surface area contributed by atoms with Crippen LogP contribution in [0.15, 0.2) is 47.5 Å². The molecule has 0 spiro atoms. The number of nitrogens with one attached hydrogen (secondary N) is 1. The predicted molar refractivity (Wildman–Crippen MR) is 86.6 cm³/mol. The van der Waals surface area contributed by atoms with E-state index in [1.165, 1.54) is 24.4 Å². The van der Waals surface area contributed by atoms with Crippen molar-refractivity contribution in [3.8, 4) is 5.75 Å². The Labute approximate surface area is 136 Å². The van der Waals surface area contributed by atoms with Crippen LogP contribution in [-0.4, -0.2) is 29.2 Å². The van der Waals surface area contributed by atoms with Gasteiger partial charge in [-0.05, 0) is 17.7 Å². The second kappa shape index (κ2) is 7.68. The lowest BCUT2D eigenvalue weighted by molar-refractivity contribution is -0.385. The smallest absolute Gasteiger partial charge is 0.270 e. The standard InChI is InChI=1S/C15H14N4O5/c20-15-6-5-14(19(23)24)9-11(15)10-16-7-8-17-12-1-3-13(4-2-12)18(21)22/h1-6,9-10,17,20H,7-8H2/p-1. The summed E-state index contributed by atoms with van der Waals surface area (Å²) in [5.41, 5.74) is 0.697. The van der Waals surface area contributed by atoms with Crippen LogP contribution in [0, 0.1) is 20.2 Å². The second-order valence-corrected chi connectivity index (χ2v) is 4.75. The summed E-state index contributed by atoms with van der Waals surface area (Å²) in [6, 6.07) is 9.40. The van der Waals surface area contributed by atoms with Crippen LogP contribution in [0.1, 0.15) is 5.56 Å². The van der Waals surface area contributed by atoms with Gasteiger partial charge in [-0.3, -0.25) is 25.2 Å². The lowest BCUT2D eigenvalue weighted by Gasteiger charge is -2.08. The number of benzene rings is 2. The number of nitro benzene ring substituents is 2. The lowest BCUT2D eigenvalue weighted by atomic mass is 10.2. The van der Waals surface area contributed by atoms with E-state index in [-0.39, 0.29) is 22.7 Å². The van der Waals surface area contributed by atoms with E-state index in [4.69, 9.17) is 0 Å². The van der Waals surface area contributed by atoms with Gasteiger partial charge in [0.1, 0.15) is 0 Å². The summed E-state index contributed by atoms with van der Waals surface area (Å²) < 4.78 is 0. The molecule has 2 aromatic rings. The SMILES string of the molecule is O=[N+]([O-])c1ccc(NCCN=Cc2cc([N+](=O)[O-])ccc2[O-])cc1. The van der Waals surface area contributed by atoms with Crippen LogP contribution >= 0.6 is 0 Å². The van der Waals surface area contributed by atoms with Gasteiger partial charge in [0.2, 0.25) is 0 Å². The molecule has 0 heterocycles. The Bertz CT molecular complexity index is 774. The van der Waals surface area contributed by atoms with Crippen molar-refractivity contribution >= 4 is 23.3 Å². The molecule has 0 fully saturated rings. The van der Waals surface area contributed by atoms with E-state index >= 15 is 0 Å². The summed E-state index contributed by atoms with van der Waals surface area (Å²) in [5, 5.41) is 35.8. The molecule has 0 radical (unpaired) electrons. The molecule has 0 saturated carbocycles. The highest BCUT2D eigenvalue weighted by atomic mass is 16.6. The first-order valence-electron chi connectivity index (χ1n) is 6.91. The first kappa shape index (κ1) is 16.9. The molecule has 1 N–H and O–H groups in total. The van der Waals surface area contributed by atoms with E-state index in [1.807, 2.05) is 0 Å². The topological polar surface area (TPSA) is 134 Å². The zero-order valence-electron chi connectivity index (χ0n) is 12.4. The van der Waals surface area contributed by atoms with E-state index in [2.05, 4.69) is 10.3 Å². The van der Waals surface area contributed by atoms with Crippen LogP contribution in [0.25, 0.3) is 0 Å². The maximum absolute atomic E-state index is 11.6. The van der Waals surface area contributed by atoms with Crippen LogP contribution in [0.4, 0.5) is 17.1 Å². The van der Waals surface area contributed by atoms with E-state index in [9.17, 15) is 25.3 Å². The maximum atomic E-state index is 11.6. The highest BCUT2D eigenvalue weighted by Crippen LogP contribution is 2.19. The molecule has 124 valence electrons. The molecule has 9 heteroatoms. The molecule has 0 aromatic heterocycles. The highest BCUT2D eigenvalue weighted by molar-refractivity contribution is 5.84. The Morgan fingerprint density at radius 3 is 2.25 bits per heavy atom. The number of aliphatic imine (C=N–C) groups is 1. The molecule has 0 aliphatic rings. The summed E-state index contributed by atoms with van der Waals surface area (Å²) in [6.45, 7) is 0.774. The number of hydrogen-bond acceptors (Lipinski definition) is 7. The minimum atomic E-state index is -0.576. The molecule has 0 aliphatic carbocycles. The first-order chi connectivity index (χ1) is 11.5. The van der Waals surface area contributed by atoms with Crippen molar-refractivity contribution in [2.45, 2.75) is 0 Å². The third-order valence-corrected chi connectivity index (χ3v) is 3.08. The summed E-state index contributed by atoms with van der Waals surface area (Å²) in [4.78, 5) is 24.2. The first-order valence-corrected chi connectivity index (χ1v) is 6.91. The van der Waals surface area contributed by atoms with Crippen LogP contribution < -0.4 is 10.4 Å². The molecule has 24 heavy (non-hydrogen) atoms. The van der Waals surface area contributed by atoms with Crippen molar-refractivity contribution in [2.75, 3.05) is 18.4 Å². The Hall–Kier alpha value is -3.49. The third-order valence-electron chi connectivity index (χ3n) is 3.08. The molecule has 2 rings (SSSR count). The molecule has 2 aromatic carbocycles. The summed E-state index contributed by atoms with van der Waals surface area (Å²) in [7, 11) is 0. The van der Waals surface area contributed by atoms with Gasteiger partial charge in [-0.25, -0.2) is 0 Å². The number of hydrogen-bond donors (Lipinski definition) is 1. The molecule has 0 saturated heterocycles. The van der Waals surface area contributed by atoms with Crippen LogP contribution in [-0.2, 0) is 0 Å². The summed E-state index contributed by atoms with van der Waals surface area (Å²) in [6.07, 6.45) is 1.30. The Morgan fingerprint density at radius 1 is 1.00 bits per heavy atom. The van der Waals surface area contributed by atoms with E-state index in [0.29, 0.717) is 18.8 Å². The number of nitro groups is 2. The molecule has 0 aliphatic heterocycles. The van der Waals surface area contributed by atoms with Crippen molar-refractivity contribution in [2.24, 2.45) is 4.99 Å². The van der Waals surface area contributed by atoms with Crippen molar-refractivity contribution in [3.63, 3.8) is 0 Å². The quantitative estimate of drug-likeness (QED) is 0.358. The fourth-order valence-electron chi connectivity index (χ4n) is 1.88. The van der Waals surface area contributed by atoms with Gasteiger partial charge in [0, 0.05) is 42.7 Å². The van der Waals surface area contributed by atoms with E-state index in [0.717, 1.165) is 12.1 Å². The second-order valence-electron chi connectivity index (χ2n) is 4.75. The monoisotopic (exact) mass is 329 g/mol. The van der Waals surface area contributed by atoms with Gasteiger partial charge in [0.05, 0.1) is 16.4 Å². The zero-order valence-corrected chi connectivity index (χ0v) is 12.4. The van der Waals surface area contributed by atoms with E-state index < -0.39 is 9.85 Å². The normalized spacial score (nSPS) is 10.7. The highest BCUT2D eigenvalue weighted by Gasteiger charge is 2.05. The molecular weight excluding hydrogens is 316 g/mol. The zero-order chi connectivity index (χ0) is 17.5. The van der Waals surface area contributed by atoms with Crippen LogP contribution in [0.3, 0.4) is 0 Å². The minimum Gasteiger partial charge on any atom is -0.872 e. The number of anilines is 1. The van der Waals surface area contributed by atoms with Gasteiger partial charge >= 0.3 is 0 Å². The molecular formula is C15H13N4O5-. The van der Waals surface area contributed by atoms with Crippen molar-refractivity contribution < 1.29 is 15.0 Å². The minimum absolute atomic E-state index is 0.00668. The largest absolute Gasteiger partial charge is 0.872 e. The van der Waals surface area contributed by atoms with Crippen LogP contribution in [0.2, 0.25) is 0 Å². The number of rotatable bonds is 7. The van der Waals surface area contributed by atoms with Crippen molar-refractivity contribution in [3.05, 3.63) is 68.3 Å². The average Bonchev–Trinajstić information content (AvgIpc) is 2.56. The van der Waals surface area contributed by atoms with Gasteiger partial charge in [0.15, 0.2) is 0 Å². The fraction of sp³-hybridized carbons (Fsp3) is 0.133. The lowest BCUT2D eigenvalue weighted by Crippen LogP contribution is -2.05. The fourth-order valence-corrected chi connectivity index (χ4v) is 1.88. The van der Waals surface area contributed by atoms with Gasteiger partial charge in [-0.15, -0.1) is 0 Å². The Balaban J connectivity index is 1.87. The summed E-state index contributed by atoms with van der Waals surface area (Å²) >= 11 is 0. The number of nitrogens with zero attached hydrogens (tertiary/aromatic N) is 3. The molecule has 0 atom stereocenters. The van der Waals surface area contributed by atoms with Gasteiger partial charge in [-0.2, -0.15) is 0 Å². The molecule has 0 unspecified atom stereocenters. The number of non-ortho nitro benzene ring substituents is 2. The Morgan fingerprint density at radius 2 is 1.62 bits per heavy atom. The molecule has 0 bridgehead atoms. The van der Waals surface area contributed by atoms with Crippen LogP contribution in [0.5, 0.6) is 5.75 Å². The summed E-state index contributed by atoms with van der Waals surface area (Å²) in [5.74, 6) is -0.340. The van der Waals surface area contributed by atoms with Gasteiger partial charge in [0.25, 0.3) is 11.4 Å². The van der Waals surface area contributed by atoms with Crippen molar-refractivity contribution in [1.82, 2.24) is 0 Å². The van der Waals surface area contributed by atoms with Gasteiger partial charge in [-0.1, -0.05) is 11.8 Å². The maximum Gasteiger partial charge on any atom is 0.270 e. The average molecular weight is 329 g/mol. The molecule has 0 amide bonds. The molecule has 9 nitrogen and oxygen atoms in total. The third kappa shape index (κ3) is 4.50. The van der Waals surface area contributed by atoms with E-state index in [1.54, 1.807) is 12.1 Å².